The SMILES string of the molecule is BC(=O)N(C)c1ccc(/C=C/c2ccc(COCCOC)cc2)cc1. The largest absolute Gasteiger partial charge is 0.382 e. The van der Waals surface area contributed by atoms with Crippen molar-refractivity contribution >= 4 is 31.5 Å². The van der Waals surface area contributed by atoms with Gasteiger partial charge < -0.3 is 14.4 Å². The van der Waals surface area contributed by atoms with E-state index in [1.807, 2.05) is 24.3 Å². The maximum Gasteiger partial charge on any atom is 0.216 e. The van der Waals surface area contributed by atoms with Crippen LogP contribution >= 0.6 is 0 Å². The molecule has 0 heterocycles. The Morgan fingerprint density at radius 3 is 2.08 bits per heavy atom. The molecule has 0 bridgehead atoms. The van der Waals surface area contributed by atoms with E-state index in [0.29, 0.717) is 19.8 Å². The first-order chi connectivity index (χ1) is 12.1. The van der Waals surface area contributed by atoms with Crippen molar-refractivity contribution in [2.24, 2.45) is 0 Å². The molecule has 4 nitrogen and oxygen atoms in total. The summed E-state index contributed by atoms with van der Waals surface area (Å²) in [6.45, 7) is 1.81. The van der Waals surface area contributed by atoms with Crippen LogP contribution in [0.3, 0.4) is 0 Å². The standard InChI is InChI=1S/C20H24BNO3/c1-22(20(21)23)19-11-9-17(10-12-19)4-3-16-5-7-18(8-6-16)15-25-14-13-24-2/h3-12H,13-15,21H2,1-2H3/b4-3+. The minimum Gasteiger partial charge on any atom is -0.382 e. The number of anilines is 1. The zero-order chi connectivity index (χ0) is 18.1. The average Bonchev–Trinajstić information content (AvgIpc) is 2.64. The average molecular weight is 337 g/mol. The Kier molecular flexibility index (Phi) is 7.45. The van der Waals surface area contributed by atoms with Crippen molar-refractivity contribution in [3.8, 4) is 0 Å². The van der Waals surface area contributed by atoms with Gasteiger partial charge in [0.25, 0.3) is 0 Å². The van der Waals surface area contributed by atoms with Gasteiger partial charge in [-0.25, -0.2) is 0 Å². The minimum absolute atomic E-state index is 0.0228. The number of amides is 1. The van der Waals surface area contributed by atoms with Crippen LogP contribution < -0.4 is 4.90 Å². The van der Waals surface area contributed by atoms with Crippen molar-refractivity contribution in [2.45, 2.75) is 6.61 Å². The first kappa shape index (κ1) is 19.0. The minimum atomic E-state index is 0.0228. The van der Waals surface area contributed by atoms with Crippen LogP contribution in [0, 0.1) is 0 Å². The fourth-order valence-corrected chi connectivity index (χ4v) is 2.24. The highest BCUT2D eigenvalue weighted by atomic mass is 16.5. The Hall–Kier alpha value is -2.37. The van der Waals surface area contributed by atoms with Crippen molar-refractivity contribution in [2.75, 3.05) is 32.3 Å². The molecular weight excluding hydrogens is 313 g/mol. The van der Waals surface area contributed by atoms with Gasteiger partial charge in [0, 0.05) is 19.8 Å². The molecule has 0 aliphatic carbocycles. The third-order valence-corrected chi connectivity index (χ3v) is 3.90. The van der Waals surface area contributed by atoms with Gasteiger partial charge in [-0.05, 0) is 28.8 Å². The first-order valence-corrected chi connectivity index (χ1v) is 8.28. The number of benzene rings is 2. The molecule has 1 amide bonds. The van der Waals surface area contributed by atoms with E-state index >= 15 is 0 Å². The van der Waals surface area contributed by atoms with Gasteiger partial charge in [-0.2, -0.15) is 0 Å². The van der Waals surface area contributed by atoms with E-state index in [1.165, 1.54) is 0 Å². The van der Waals surface area contributed by atoms with Crippen LogP contribution in [0.2, 0.25) is 0 Å². The topological polar surface area (TPSA) is 38.8 Å². The van der Waals surface area contributed by atoms with E-state index in [0.717, 1.165) is 22.4 Å². The van der Waals surface area contributed by atoms with Crippen LogP contribution in [-0.2, 0) is 16.1 Å². The molecule has 2 rings (SSSR count). The normalized spacial score (nSPS) is 11.0. The van der Waals surface area contributed by atoms with Crippen LogP contribution in [0.15, 0.2) is 48.5 Å². The molecule has 0 aliphatic heterocycles. The number of ether oxygens (including phenoxy) is 2. The Labute approximate surface area is 150 Å². The number of rotatable bonds is 8. The quantitative estimate of drug-likeness (QED) is 0.422. The van der Waals surface area contributed by atoms with E-state index < -0.39 is 0 Å². The van der Waals surface area contributed by atoms with Gasteiger partial charge in [-0.3, -0.25) is 4.79 Å². The van der Waals surface area contributed by atoms with Gasteiger partial charge in [0.05, 0.1) is 19.8 Å². The van der Waals surface area contributed by atoms with Gasteiger partial charge >= 0.3 is 0 Å². The third-order valence-electron chi connectivity index (χ3n) is 3.90. The van der Waals surface area contributed by atoms with E-state index in [1.54, 1.807) is 26.9 Å². The van der Waals surface area contributed by atoms with E-state index in [9.17, 15) is 4.79 Å². The molecule has 0 saturated heterocycles. The van der Waals surface area contributed by atoms with Crippen LogP contribution in [0.4, 0.5) is 10.5 Å². The molecule has 130 valence electrons. The summed E-state index contributed by atoms with van der Waals surface area (Å²) >= 11 is 0. The zero-order valence-corrected chi connectivity index (χ0v) is 15.1. The highest BCUT2D eigenvalue weighted by Gasteiger charge is 2.03. The van der Waals surface area contributed by atoms with Gasteiger partial charge in [0.15, 0.2) is 5.81 Å². The number of nitrogens with zero attached hydrogens (tertiary/aromatic N) is 1. The molecule has 0 saturated carbocycles. The summed E-state index contributed by atoms with van der Waals surface area (Å²) < 4.78 is 10.5. The van der Waals surface area contributed by atoms with Crippen LogP contribution in [0.25, 0.3) is 12.2 Å². The number of hydrogen-bond acceptors (Lipinski definition) is 3. The van der Waals surface area contributed by atoms with Crippen molar-refractivity contribution in [3.05, 3.63) is 65.2 Å². The molecule has 0 spiro atoms. The second-order valence-corrected chi connectivity index (χ2v) is 5.79. The first-order valence-electron chi connectivity index (χ1n) is 8.28. The summed E-state index contributed by atoms with van der Waals surface area (Å²) in [7, 11) is 4.99. The van der Waals surface area contributed by atoms with Gasteiger partial charge in [-0.15, -0.1) is 0 Å². The van der Waals surface area contributed by atoms with E-state index in [4.69, 9.17) is 9.47 Å². The summed E-state index contributed by atoms with van der Waals surface area (Å²) in [6.07, 6.45) is 4.13. The Morgan fingerprint density at radius 1 is 1.00 bits per heavy atom. The third kappa shape index (κ3) is 6.21. The highest BCUT2D eigenvalue weighted by Crippen LogP contribution is 2.16. The Bertz CT molecular complexity index is 696. The van der Waals surface area contributed by atoms with Crippen LogP contribution in [-0.4, -0.2) is 41.0 Å². The molecule has 0 aromatic heterocycles. The number of carbonyl (C=O) groups excluding carboxylic acids is 1. The summed E-state index contributed by atoms with van der Waals surface area (Å²) in [5.41, 5.74) is 4.26. The lowest BCUT2D eigenvalue weighted by molar-refractivity contribution is 0.0616. The maximum atomic E-state index is 11.4. The Balaban J connectivity index is 1.91. The lowest BCUT2D eigenvalue weighted by Crippen LogP contribution is -2.24. The lowest BCUT2D eigenvalue weighted by atomic mass is 10.1. The van der Waals surface area contributed by atoms with Gasteiger partial charge in [0.2, 0.25) is 7.85 Å². The fourth-order valence-electron chi connectivity index (χ4n) is 2.24. The monoisotopic (exact) mass is 337 g/mol. The predicted octanol–water partition coefficient (Wildman–Crippen LogP) is 3.21. The smallest absolute Gasteiger partial charge is 0.216 e. The lowest BCUT2D eigenvalue weighted by Gasteiger charge is -2.15. The summed E-state index contributed by atoms with van der Waals surface area (Å²) in [5, 5.41) is 0. The maximum absolute atomic E-state index is 11.4. The molecule has 2 aromatic rings. The van der Waals surface area contributed by atoms with Crippen molar-refractivity contribution < 1.29 is 14.3 Å². The second kappa shape index (κ2) is 9.82. The molecular formula is C20H24BNO3. The number of carbonyl (C=O) groups is 1. The van der Waals surface area contributed by atoms with Gasteiger partial charge in [0.1, 0.15) is 0 Å². The summed E-state index contributed by atoms with van der Waals surface area (Å²) in [6, 6.07) is 16.2. The van der Waals surface area contributed by atoms with Crippen LogP contribution in [0.1, 0.15) is 16.7 Å². The van der Waals surface area contributed by atoms with Crippen molar-refractivity contribution in [1.29, 1.82) is 0 Å². The number of hydrogen-bond donors (Lipinski definition) is 0. The molecule has 0 aliphatic rings. The van der Waals surface area contributed by atoms with E-state index in [-0.39, 0.29) is 5.81 Å². The molecule has 0 radical (unpaired) electrons. The molecule has 0 atom stereocenters. The highest BCUT2D eigenvalue weighted by molar-refractivity contribution is 6.60. The Morgan fingerprint density at radius 2 is 1.56 bits per heavy atom. The molecule has 25 heavy (non-hydrogen) atoms. The molecule has 0 fully saturated rings. The number of methoxy groups -OCH3 is 1. The summed E-state index contributed by atoms with van der Waals surface area (Å²) in [4.78, 5) is 13.0. The predicted molar refractivity (Wildman–Crippen MR) is 106 cm³/mol. The molecule has 0 N–H and O–H groups in total. The zero-order valence-electron chi connectivity index (χ0n) is 15.1. The molecule has 2 aromatic carbocycles. The second-order valence-electron chi connectivity index (χ2n) is 5.79. The van der Waals surface area contributed by atoms with Crippen molar-refractivity contribution in [1.82, 2.24) is 0 Å². The molecule has 0 unspecified atom stereocenters. The molecule has 5 heteroatoms. The van der Waals surface area contributed by atoms with Crippen LogP contribution in [0.5, 0.6) is 0 Å². The van der Waals surface area contributed by atoms with Gasteiger partial charge in [-0.1, -0.05) is 48.6 Å². The van der Waals surface area contributed by atoms with Crippen molar-refractivity contribution in [3.63, 3.8) is 0 Å². The fraction of sp³-hybridized carbons (Fsp3) is 0.250. The van der Waals surface area contributed by atoms with E-state index in [2.05, 4.69) is 36.4 Å². The summed E-state index contributed by atoms with van der Waals surface area (Å²) in [5.74, 6) is 0.0228.